The first kappa shape index (κ1) is 20.7. The van der Waals surface area contributed by atoms with Crippen LogP contribution in [0, 0.1) is 5.82 Å². The van der Waals surface area contributed by atoms with Crippen LogP contribution in [0.2, 0.25) is 0 Å². The van der Waals surface area contributed by atoms with Crippen LogP contribution >= 0.6 is 11.8 Å². The number of benzene rings is 2. The molecule has 2 aromatic carbocycles. The summed E-state index contributed by atoms with van der Waals surface area (Å²) in [5.74, 6) is -0.645. The molecule has 0 bridgehead atoms. The van der Waals surface area contributed by atoms with Gasteiger partial charge in [-0.05, 0) is 43.2 Å². The Morgan fingerprint density at radius 1 is 1.03 bits per heavy atom. The fourth-order valence-electron chi connectivity index (χ4n) is 3.76. The molecule has 0 spiro atoms. The lowest BCUT2D eigenvalue weighted by atomic mass is 10.0. The molecule has 0 aliphatic heterocycles. The summed E-state index contributed by atoms with van der Waals surface area (Å²) in [6, 6.07) is 12.7. The van der Waals surface area contributed by atoms with E-state index >= 15 is 0 Å². The van der Waals surface area contributed by atoms with Crippen molar-refractivity contribution in [2.45, 2.75) is 43.1 Å². The molecule has 0 amide bonds. The number of carbonyl (C=O) groups is 2. The Bertz CT molecular complexity index is 1040. The molecule has 0 atom stereocenters. The second-order valence-electron chi connectivity index (χ2n) is 7.48. The summed E-state index contributed by atoms with van der Waals surface area (Å²) in [7, 11) is 0. The number of fused-ring (bicyclic) bond motifs is 1. The second kappa shape index (κ2) is 9.47. The zero-order valence-corrected chi connectivity index (χ0v) is 17.4. The van der Waals surface area contributed by atoms with Gasteiger partial charge in [0.15, 0.2) is 12.4 Å². The van der Waals surface area contributed by atoms with Crippen molar-refractivity contribution < 1.29 is 23.1 Å². The molecule has 6 heteroatoms. The Morgan fingerprint density at radius 2 is 1.77 bits per heavy atom. The number of furan rings is 1. The van der Waals surface area contributed by atoms with Crippen molar-refractivity contribution >= 4 is 34.5 Å². The molecule has 0 radical (unpaired) electrons. The normalized spacial score (nSPS) is 14.7. The summed E-state index contributed by atoms with van der Waals surface area (Å²) in [6.45, 7) is -0.420. The number of carbonyl (C=O) groups excluding carboxylic acids is 2. The van der Waals surface area contributed by atoms with Crippen LogP contribution < -0.4 is 0 Å². The summed E-state index contributed by atoms with van der Waals surface area (Å²) < 4.78 is 24.1. The third-order valence-electron chi connectivity index (χ3n) is 5.40. The first-order valence-corrected chi connectivity index (χ1v) is 11.2. The van der Waals surface area contributed by atoms with Crippen molar-refractivity contribution in [2.24, 2.45) is 0 Å². The van der Waals surface area contributed by atoms with Gasteiger partial charge in [-0.15, -0.1) is 0 Å². The van der Waals surface area contributed by atoms with E-state index in [0.29, 0.717) is 22.1 Å². The smallest absolute Gasteiger partial charge is 0.375 e. The number of Topliss-reactive ketones (excluding diaryl/α,β-unsaturated/α-hetero) is 1. The molecule has 30 heavy (non-hydrogen) atoms. The number of ether oxygens (including phenoxy) is 1. The van der Waals surface area contributed by atoms with Crippen LogP contribution in [0.25, 0.3) is 11.0 Å². The Kier molecular flexibility index (Phi) is 6.53. The Morgan fingerprint density at radius 3 is 2.53 bits per heavy atom. The molecule has 0 saturated heterocycles. The number of ketones is 1. The van der Waals surface area contributed by atoms with Gasteiger partial charge in [-0.2, -0.15) is 11.8 Å². The highest BCUT2D eigenvalue weighted by Crippen LogP contribution is 2.35. The zero-order valence-electron chi connectivity index (χ0n) is 16.6. The van der Waals surface area contributed by atoms with E-state index in [-0.39, 0.29) is 5.76 Å². The van der Waals surface area contributed by atoms with Crippen molar-refractivity contribution in [1.82, 2.24) is 0 Å². The van der Waals surface area contributed by atoms with Gasteiger partial charge in [0.05, 0.1) is 0 Å². The number of esters is 1. The van der Waals surface area contributed by atoms with E-state index in [0.717, 1.165) is 10.9 Å². The minimum absolute atomic E-state index is 0.159. The molecule has 1 aliphatic rings. The lowest BCUT2D eigenvalue weighted by molar-refractivity contribution is 0.0445. The minimum atomic E-state index is -0.652. The molecule has 1 fully saturated rings. The van der Waals surface area contributed by atoms with Gasteiger partial charge in [-0.25, -0.2) is 9.18 Å². The van der Waals surface area contributed by atoms with Crippen molar-refractivity contribution in [1.29, 1.82) is 0 Å². The van der Waals surface area contributed by atoms with Crippen LogP contribution in [0.15, 0.2) is 52.9 Å². The van der Waals surface area contributed by atoms with Crippen LogP contribution in [0.3, 0.4) is 0 Å². The molecule has 1 aliphatic carbocycles. The molecule has 0 N–H and O–H groups in total. The molecular weight excluding hydrogens is 403 g/mol. The van der Waals surface area contributed by atoms with E-state index in [2.05, 4.69) is 0 Å². The Hall–Kier alpha value is -2.60. The van der Waals surface area contributed by atoms with E-state index < -0.39 is 24.2 Å². The Labute approximate surface area is 178 Å². The number of hydrogen-bond donors (Lipinski definition) is 0. The number of halogens is 1. The molecule has 3 aromatic rings. The average Bonchev–Trinajstić information content (AvgIpc) is 3.16. The molecule has 156 valence electrons. The van der Waals surface area contributed by atoms with E-state index in [1.54, 1.807) is 0 Å². The van der Waals surface area contributed by atoms with Crippen LogP contribution in [-0.4, -0.2) is 23.6 Å². The summed E-state index contributed by atoms with van der Waals surface area (Å²) >= 11 is 1.85. The predicted octanol–water partition coefficient (Wildman–Crippen LogP) is 6.18. The molecule has 1 heterocycles. The first-order chi connectivity index (χ1) is 14.6. The van der Waals surface area contributed by atoms with Gasteiger partial charge >= 0.3 is 5.97 Å². The SMILES string of the molecule is O=C(COC(=O)c1oc2ccccc2c1CSC1CCCCC1)c1ccc(F)cc1. The molecule has 4 rings (SSSR count). The molecular formula is C24H23FO4S. The minimum Gasteiger partial charge on any atom is -0.451 e. The number of rotatable bonds is 7. The van der Waals surface area contributed by atoms with Crippen LogP contribution in [0.4, 0.5) is 4.39 Å². The van der Waals surface area contributed by atoms with Gasteiger partial charge < -0.3 is 9.15 Å². The van der Waals surface area contributed by atoms with Crippen LogP contribution in [0.5, 0.6) is 0 Å². The van der Waals surface area contributed by atoms with Gasteiger partial charge in [0.25, 0.3) is 0 Å². The fraction of sp³-hybridized carbons (Fsp3) is 0.333. The average molecular weight is 427 g/mol. The largest absolute Gasteiger partial charge is 0.451 e. The highest BCUT2D eigenvalue weighted by Gasteiger charge is 2.24. The number of para-hydroxylation sites is 1. The lowest BCUT2D eigenvalue weighted by Crippen LogP contribution is -2.15. The van der Waals surface area contributed by atoms with Gasteiger partial charge in [0, 0.05) is 27.5 Å². The van der Waals surface area contributed by atoms with Crippen molar-refractivity contribution in [3.8, 4) is 0 Å². The summed E-state index contributed by atoms with van der Waals surface area (Å²) in [6.07, 6.45) is 6.21. The van der Waals surface area contributed by atoms with Crippen LogP contribution in [0.1, 0.15) is 58.6 Å². The van der Waals surface area contributed by atoms with E-state index in [1.807, 2.05) is 36.0 Å². The maximum absolute atomic E-state index is 13.0. The van der Waals surface area contributed by atoms with Crippen molar-refractivity contribution in [3.63, 3.8) is 0 Å². The zero-order chi connectivity index (χ0) is 20.9. The molecule has 4 nitrogen and oxygen atoms in total. The van der Waals surface area contributed by atoms with E-state index in [9.17, 15) is 14.0 Å². The van der Waals surface area contributed by atoms with Gasteiger partial charge in [0.2, 0.25) is 5.76 Å². The maximum atomic E-state index is 13.0. The quantitative estimate of drug-likeness (QED) is 0.334. The third kappa shape index (κ3) is 4.75. The summed E-state index contributed by atoms with van der Waals surface area (Å²) in [4.78, 5) is 25.0. The van der Waals surface area contributed by atoms with E-state index in [1.165, 1.54) is 56.4 Å². The van der Waals surface area contributed by atoms with Crippen LogP contribution in [-0.2, 0) is 10.5 Å². The second-order valence-corrected chi connectivity index (χ2v) is 8.77. The van der Waals surface area contributed by atoms with Crippen molar-refractivity contribution in [3.05, 3.63) is 71.2 Å². The highest BCUT2D eigenvalue weighted by atomic mass is 32.2. The molecule has 1 aromatic heterocycles. The monoisotopic (exact) mass is 426 g/mol. The standard InChI is InChI=1S/C24H23FO4S/c25-17-12-10-16(11-13-17)21(26)14-28-24(27)23-20(15-30-18-6-2-1-3-7-18)19-8-4-5-9-22(19)29-23/h4-5,8-13,18H,1-3,6-7,14-15H2. The van der Waals surface area contributed by atoms with Gasteiger partial charge in [0.1, 0.15) is 11.4 Å². The highest BCUT2D eigenvalue weighted by molar-refractivity contribution is 7.99. The van der Waals surface area contributed by atoms with Crippen molar-refractivity contribution in [2.75, 3.05) is 6.61 Å². The van der Waals surface area contributed by atoms with E-state index in [4.69, 9.17) is 9.15 Å². The lowest BCUT2D eigenvalue weighted by Gasteiger charge is -2.20. The molecule has 1 saturated carbocycles. The Balaban J connectivity index is 1.48. The molecule has 0 unspecified atom stereocenters. The first-order valence-electron chi connectivity index (χ1n) is 10.2. The summed E-state index contributed by atoms with van der Waals surface area (Å²) in [5, 5.41) is 1.49. The summed E-state index contributed by atoms with van der Waals surface area (Å²) in [5.41, 5.74) is 1.75. The maximum Gasteiger partial charge on any atom is 0.375 e. The number of thioether (sulfide) groups is 1. The fourth-order valence-corrected chi connectivity index (χ4v) is 5.11. The predicted molar refractivity (Wildman–Crippen MR) is 115 cm³/mol. The third-order valence-corrected chi connectivity index (χ3v) is 6.80. The van der Waals surface area contributed by atoms with Gasteiger partial charge in [-0.3, -0.25) is 4.79 Å². The topological polar surface area (TPSA) is 56.5 Å². The number of hydrogen-bond acceptors (Lipinski definition) is 5. The van der Waals surface area contributed by atoms with Gasteiger partial charge in [-0.1, -0.05) is 37.5 Å².